The summed E-state index contributed by atoms with van der Waals surface area (Å²) in [6.07, 6.45) is 3.95. The fourth-order valence-electron chi connectivity index (χ4n) is 4.96. The number of ether oxygens (including phenoxy) is 2. The van der Waals surface area contributed by atoms with Crippen LogP contribution in [0, 0.1) is 0 Å². The number of ketones is 1. The number of fused-ring (bicyclic) bond motifs is 4. The third-order valence-electron chi connectivity index (χ3n) is 6.92. The van der Waals surface area contributed by atoms with Crippen molar-refractivity contribution in [3.8, 4) is 11.5 Å². The number of aromatic nitrogens is 1. The van der Waals surface area contributed by atoms with E-state index in [1.165, 1.54) is 5.56 Å². The molecule has 4 aromatic rings. The Morgan fingerprint density at radius 2 is 1.82 bits per heavy atom. The lowest BCUT2D eigenvalue weighted by atomic mass is 10.0. The van der Waals surface area contributed by atoms with Crippen molar-refractivity contribution in [3.05, 3.63) is 101 Å². The molecule has 2 aliphatic rings. The minimum atomic E-state index is -0.0839. The first-order valence-corrected chi connectivity index (χ1v) is 11.7. The molecule has 1 atom stereocenters. The smallest absolute Gasteiger partial charge is 0.231 e. The van der Waals surface area contributed by atoms with Crippen LogP contribution in [0.15, 0.2) is 78.7 Å². The Balaban J connectivity index is 1.35. The molecule has 2 aliphatic heterocycles. The second-order valence-corrected chi connectivity index (χ2v) is 8.85. The van der Waals surface area contributed by atoms with Gasteiger partial charge in [-0.25, -0.2) is 0 Å². The molecule has 5 nitrogen and oxygen atoms in total. The summed E-state index contributed by atoms with van der Waals surface area (Å²) >= 11 is 0. The maximum atomic E-state index is 13.3. The Morgan fingerprint density at radius 1 is 1.03 bits per heavy atom. The summed E-state index contributed by atoms with van der Waals surface area (Å²) in [6, 6.07) is 22.5. The van der Waals surface area contributed by atoms with Crippen molar-refractivity contribution in [2.75, 3.05) is 6.73 Å². The summed E-state index contributed by atoms with van der Waals surface area (Å²) < 4.78 is 14.5. The van der Waals surface area contributed by atoms with Crippen molar-refractivity contribution in [2.24, 2.45) is 0 Å². The van der Waals surface area contributed by atoms with Gasteiger partial charge in [0.25, 0.3) is 0 Å². The van der Waals surface area contributed by atoms with Crippen molar-refractivity contribution in [1.82, 2.24) is 9.47 Å². The van der Waals surface area contributed by atoms with Crippen LogP contribution < -0.4 is 9.47 Å². The molecule has 5 heteroatoms. The summed E-state index contributed by atoms with van der Waals surface area (Å²) in [4.78, 5) is 15.5. The highest BCUT2D eigenvalue weighted by Crippen LogP contribution is 2.43. The highest BCUT2D eigenvalue weighted by molar-refractivity contribution is 6.15. The van der Waals surface area contributed by atoms with E-state index in [0.717, 1.165) is 34.3 Å². The van der Waals surface area contributed by atoms with E-state index in [0.29, 0.717) is 30.3 Å². The molecule has 0 radical (unpaired) electrons. The predicted molar refractivity (Wildman–Crippen MR) is 133 cm³/mol. The zero-order valence-corrected chi connectivity index (χ0v) is 19.3. The molecular formula is C29H26N2O3. The van der Waals surface area contributed by atoms with Gasteiger partial charge in [-0.1, -0.05) is 48.5 Å². The van der Waals surface area contributed by atoms with Crippen LogP contribution in [0.25, 0.3) is 17.0 Å². The Labute approximate surface area is 198 Å². The van der Waals surface area contributed by atoms with E-state index < -0.39 is 0 Å². The van der Waals surface area contributed by atoms with E-state index in [2.05, 4.69) is 65.9 Å². The SMILES string of the molecule is CCn1cc(/C=C2\Oc3c(ccc4c3CN(C(C)c3ccccc3)CO4)C2=O)c2ccccc21. The first-order valence-electron chi connectivity index (χ1n) is 11.7. The molecule has 1 aromatic heterocycles. The Hall–Kier alpha value is -3.83. The lowest BCUT2D eigenvalue weighted by Crippen LogP contribution is -2.34. The lowest BCUT2D eigenvalue weighted by molar-refractivity contribution is 0.0606. The summed E-state index contributed by atoms with van der Waals surface area (Å²) in [6.45, 7) is 6.30. The maximum absolute atomic E-state index is 13.3. The van der Waals surface area contributed by atoms with Crippen LogP contribution in [-0.2, 0) is 13.1 Å². The number of carbonyl (C=O) groups excluding carboxylic acids is 1. The molecule has 0 N–H and O–H groups in total. The van der Waals surface area contributed by atoms with Gasteiger partial charge in [0, 0.05) is 41.8 Å². The standard InChI is InChI=1S/C29H26N2O3/c1-3-30-16-21(22-11-7-8-12-25(22)30)15-27-28(32)23-13-14-26-24(29(23)34-27)17-31(18-33-26)19(2)20-9-5-4-6-10-20/h4-16,19H,3,17-18H2,1-2H3/b27-15-. The molecule has 6 rings (SSSR count). The number of para-hydroxylation sites is 1. The Morgan fingerprint density at radius 3 is 2.65 bits per heavy atom. The summed E-state index contributed by atoms with van der Waals surface area (Å²) in [5.74, 6) is 1.68. The highest BCUT2D eigenvalue weighted by Gasteiger charge is 2.34. The molecular weight excluding hydrogens is 424 g/mol. The van der Waals surface area contributed by atoms with Crippen LogP contribution in [0.2, 0.25) is 0 Å². The third kappa shape index (κ3) is 3.32. The molecule has 0 bridgehead atoms. The van der Waals surface area contributed by atoms with Gasteiger partial charge in [0.05, 0.1) is 11.1 Å². The number of aryl methyl sites for hydroxylation is 1. The number of hydrogen-bond acceptors (Lipinski definition) is 4. The molecule has 0 spiro atoms. The van der Waals surface area contributed by atoms with Crippen LogP contribution in [0.3, 0.4) is 0 Å². The van der Waals surface area contributed by atoms with E-state index in [1.54, 1.807) is 0 Å². The first kappa shape index (κ1) is 20.8. The van der Waals surface area contributed by atoms with Crippen molar-refractivity contribution in [3.63, 3.8) is 0 Å². The molecule has 34 heavy (non-hydrogen) atoms. The van der Waals surface area contributed by atoms with Gasteiger partial charge < -0.3 is 14.0 Å². The topological polar surface area (TPSA) is 43.7 Å². The van der Waals surface area contributed by atoms with Crippen LogP contribution in [0.1, 0.15) is 46.9 Å². The zero-order chi connectivity index (χ0) is 23.2. The van der Waals surface area contributed by atoms with Gasteiger partial charge in [0.15, 0.2) is 5.76 Å². The van der Waals surface area contributed by atoms with Crippen LogP contribution in [-0.4, -0.2) is 22.0 Å². The second kappa shape index (κ2) is 8.19. The maximum Gasteiger partial charge on any atom is 0.231 e. The quantitative estimate of drug-likeness (QED) is 0.348. The van der Waals surface area contributed by atoms with Crippen molar-refractivity contribution < 1.29 is 14.3 Å². The van der Waals surface area contributed by atoms with Crippen molar-refractivity contribution >= 4 is 22.8 Å². The van der Waals surface area contributed by atoms with E-state index in [9.17, 15) is 4.79 Å². The molecule has 1 unspecified atom stereocenters. The van der Waals surface area contributed by atoms with Crippen LogP contribution in [0.4, 0.5) is 0 Å². The van der Waals surface area contributed by atoms with Gasteiger partial charge >= 0.3 is 0 Å². The first-order chi connectivity index (χ1) is 16.6. The van der Waals surface area contributed by atoms with E-state index in [-0.39, 0.29) is 11.8 Å². The normalized spacial score (nSPS) is 17.4. The van der Waals surface area contributed by atoms with Gasteiger partial charge in [-0.05, 0) is 43.7 Å². The molecule has 170 valence electrons. The molecule has 0 saturated carbocycles. The number of nitrogens with zero attached hydrogens (tertiary/aromatic N) is 2. The van der Waals surface area contributed by atoms with E-state index in [4.69, 9.17) is 9.47 Å². The summed E-state index contributed by atoms with van der Waals surface area (Å²) in [7, 11) is 0. The lowest BCUT2D eigenvalue weighted by Gasteiger charge is -2.34. The van der Waals surface area contributed by atoms with Crippen molar-refractivity contribution in [2.45, 2.75) is 33.0 Å². The van der Waals surface area contributed by atoms with Crippen LogP contribution in [0.5, 0.6) is 11.5 Å². The Bertz CT molecular complexity index is 1430. The molecule has 3 heterocycles. The second-order valence-electron chi connectivity index (χ2n) is 8.85. The summed E-state index contributed by atoms with van der Waals surface area (Å²) in [5.41, 5.74) is 4.89. The number of benzene rings is 3. The Kier molecular flexibility index (Phi) is 5.00. The third-order valence-corrected chi connectivity index (χ3v) is 6.92. The monoisotopic (exact) mass is 450 g/mol. The summed E-state index contributed by atoms with van der Waals surface area (Å²) in [5, 5.41) is 1.11. The average molecular weight is 451 g/mol. The van der Waals surface area contributed by atoms with Crippen LogP contribution >= 0.6 is 0 Å². The van der Waals surface area contributed by atoms with Gasteiger partial charge in [-0.2, -0.15) is 0 Å². The molecule has 0 aliphatic carbocycles. The molecule has 0 amide bonds. The zero-order valence-electron chi connectivity index (χ0n) is 19.3. The fourth-order valence-corrected chi connectivity index (χ4v) is 4.96. The van der Waals surface area contributed by atoms with E-state index >= 15 is 0 Å². The number of carbonyl (C=O) groups is 1. The largest absolute Gasteiger partial charge is 0.478 e. The minimum absolute atomic E-state index is 0.0839. The number of hydrogen-bond donors (Lipinski definition) is 0. The van der Waals surface area contributed by atoms with Gasteiger partial charge in [-0.3, -0.25) is 9.69 Å². The van der Waals surface area contributed by atoms with Gasteiger partial charge in [-0.15, -0.1) is 0 Å². The van der Waals surface area contributed by atoms with E-state index in [1.807, 2.05) is 36.4 Å². The number of rotatable bonds is 4. The predicted octanol–water partition coefficient (Wildman–Crippen LogP) is 6.19. The molecule has 0 saturated heterocycles. The number of Topliss-reactive ketones (excluding diaryl/α,β-unsaturated/α-hetero) is 1. The van der Waals surface area contributed by atoms with Gasteiger partial charge in [0.1, 0.15) is 18.2 Å². The highest BCUT2D eigenvalue weighted by atomic mass is 16.5. The number of allylic oxidation sites excluding steroid dienone is 1. The van der Waals surface area contributed by atoms with Gasteiger partial charge in [0.2, 0.25) is 5.78 Å². The molecule has 0 fully saturated rings. The minimum Gasteiger partial charge on any atom is -0.478 e. The molecule has 3 aromatic carbocycles. The average Bonchev–Trinajstić information content (AvgIpc) is 3.41. The fraction of sp³-hybridized carbons (Fsp3) is 0.207. The van der Waals surface area contributed by atoms with Crippen molar-refractivity contribution in [1.29, 1.82) is 0 Å².